The monoisotopic (exact) mass is 215 g/mol. The van der Waals surface area contributed by atoms with E-state index in [0.717, 1.165) is 30.7 Å². The molecule has 1 aliphatic rings. The Hall–Kier alpha value is -1.75. The summed E-state index contributed by atoms with van der Waals surface area (Å²) in [4.78, 5) is 6.56. The summed E-state index contributed by atoms with van der Waals surface area (Å²) in [5, 5.41) is 7.83. The van der Waals surface area contributed by atoms with E-state index in [1.807, 2.05) is 0 Å². The molecule has 82 valence electrons. The third-order valence-corrected chi connectivity index (χ3v) is 3.03. The summed E-state index contributed by atoms with van der Waals surface area (Å²) in [7, 11) is 0. The Morgan fingerprint density at radius 3 is 2.56 bits per heavy atom. The maximum absolute atomic E-state index is 5.53. The van der Waals surface area contributed by atoms with Gasteiger partial charge in [-0.3, -0.25) is 4.90 Å². The Morgan fingerprint density at radius 1 is 1.19 bits per heavy atom. The van der Waals surface area contributed by atoms with E-state index in [4.69, 9.17) is 5.73 Å². The van der Waals surface area contributed by atoms with Crippen molar-refractivity contribution in [2.75, 3.05) is 12.3 Å². The fourth-order valence-electron chi connectivity index (χ4n) is 2.14. The number of rotatable bonds is 1. The van der Waals surface area contributed by atoms with Crippen LogP contribution in [0.15, 0.2) is 12.1 Å². The lowest BCUT2D eigenvalue weighted by molar-refractivity contribution is 0.301. The normalized spacial score (nSPS) is 15.6. The van der Waals surface area contributed by atoms with Crippen molar-refractivity contribution in [2.24, 2.45) is 0 Å². The van der Waals surface area contributed by atoms with Crippen LogP contribution in [-0.4, -0.2) is 26.6 Å². The zero-order chi connectivity index (χ0) is 11.1. The quantitative estimate of drug-likeness (QED) is 0.766. The molecule has 0 amide bonds. The van der Waals surface area contributed by atoms with Crippen LogP contribution in [0, 0.1) is 0 Å². The molecule has 2 N–H and O–H groups in total. The average Bonchev–Trinajstić information content (AvgIpc) is 2.67. The van der Waals surface area contributed by atoms with E-state index in [-0.39, 0.29) is 5.95 Å². The van der Waals surface area contributed by atoms with Gasteiger partial charge in [-0.15, -0.1) is 10.2 Å². The molecule has 0 radical (unpaired) electrons. The Labute approximate surface area is 93.3 Å². The smallest absolute Gasteiger partial charge is 0.240 e. The molecule has 0 fully saturated rings. The van der Waals surface area contributed by atoms with Gasteiger partial charge in [0.05, 0.1) is 5.52 Å². The van der Waals surface area contributed by atoms with Gasteiger partial charge in [-0.1, -0.05) is 6.92 Å². The molecule has 0 saturated heterocycles. The molecular formula is C11H13N5. The Bertz CT molecular complexity index is 551. The molecule has 2 heterocycles. The van der Waals surface area contributed by atoms with Crippen molar-refractivity contribution in [2.45, 2.75) is 20.0 Å². The first kappa shape index (κ1) is 9.47. The summed E-state index contributed by atoms with van der Waals surface area (Å²) in [5.74, 6) is 0.234. The lowest BCUT2D eigenvalue weighted by Gasteiger charge is -2.09. The molecule has 3 rings (SSSR count). The predicted octanol–water partition coefficient (Wildman–Crippen LogP) is 0.943. The van der Waals surface area contributed by atoms with Gasteiger partial charge in [0, 0.05) is 13.1 Å². The SMILES string of the molecule is CCN1Cc2cc3nnc(N)nc3cc2C1. The lowest BCUT2D eigenvalue weighted by Crippen LogP contribution is -2.14. The molecule has 1 aromatic heterocycles. The molecule has 5 heteroatoms. The number of anilines is 1. The molecule has 0 atom stereocenters. The Kier molecular flexibility index (Phi) is 2.00. The summed E-state index contributed by atoms with van der Waals surface area (Å²) in [6.07, 6.45) is 0. The average molecular weight is 215 g/mol. The fraction of sp³-hybridized carbons (Fsp3) is 0.364. The molecular weight excluding hydrogens is 202 g/mol. The summed E-state index contributed by atoms with van der Waals surface area (Å²) < 4.78 is 0. The third-order valence-electron chi connectivity index (χ3n) is 3.03. The van der Waals surface area contributed by atoms with Crippen LogP contribution in [0.25, 0.3) is 11.0 Å². The van der Waals surface area contributed by atoms with Crippen LogP contribution in [0.2, 0.25) is 0 Å². The first-order valence-corrected chi connectivity index (χ1v) is 5.40. The summed E-state index contributed by atoms with van der Waals surface area (Å²) >= 11 is 0. The zero-order valence-corrected chi connectivity index (χ0v) is 9.14. The van der Waals surface area contributed by atoms with E-state index in [9.17, 15) is 0 Å². The number of nitrogens with two attached hydrogens (primary N) is 1. The number of fused-ring (bicyclic) bond motifs is 2. The third kappa shape index (κ3) is 1.40. The first-order valence-electron chi connectivity index (χ1n) is 5.40. The van der Waals surface area contributed by atoms with E-state index in [0.29, 0.717) is 0 Å². The Morgan fingerprint density at radius 2 is 1.88 bits per heavy atom. The second-order valence-corrected chi connectivity index (χ2v) is 4.08. The van der Waals surface area contributed by atoms with E-state index in [2.05, 4.69) is 39.1 Å². The maximum atomic E-state index is 5.53. The minimum Gasteiger partial charge on any atom is -0.366 e. The predicted molar refractivity (Wildman–Crippen MR) is 61.5 cm³/mol. The highest BCUT2D eigenvalue weighted by Crippen LogP contribution is 2.25. The van der Waals surface area contributed by atoms with Crippen molar-refractivity contribution < 1.29 is 0 Å². The summed E-state index contributed by atoms with van der Waals surface area (Å²) in [6, 6.07) is 4.14. The van der Waals surface area contributed by atoms with E-state index < -0.39 is 0 Å². The number of hydrogen-bond acceptors (Lipinski definition) is 5. The van der Waals surface area contributed by atoms with Gasteiger partial charge in [0.1, 0.15) is 5.52 Å². The van der Waals surface area contributed by atoms with Gasteiger partial charge in [0.15, 0.2) is 0 Å². The van der Waals surface area contributed by atoms with Gasteiger partial charge in [-0.05, 0) is 29.8 Å². The van der Waals surface area contributed by atoms with Crippen LogP contribution < -0.4 is 5.73 Å². The molecule has 1 aromatic carbocycles. The second-order valence-electron chi connectivity index (χ2n) is 4.08. The topological polar surface area (TPSA) is 67.9 Å². The van der Waals surface area contributed by atoms with Crippen molar-refractivity contribution in [1.82, 2.24) is 20.1 Å². The highest BCUT2D eigenvalue weighted by Gasteiger charge is 2.18. The highest BCUT2D eigenvalue weighted by molar-refractivity contribution is 5.76. The highest BCUT2D eigenvalue weighted by atomic mass is 15.2. The first-order chi connectivity index (χ1) is 7.76. The molecule has 0 spiro atoms. The second kappa shape index (κ2) is 3.38. The van der Waals surface area contributed by atoms with Crippen molar-refractivity contribution in [1.29, 1.82) is 0 Å². The fourth-order valence-corrected chi connectivity index (χ4v) is 2.14. The van der Waals surface area contributed by atoms with Crippen LogP contribution in [0.5, 0.6) is 0 Å². The van der Waals surface area contributed by atoms with Crippen LogP contribution in [0.4, 0.5) is 5.95 Å². The van der Waals surface area contributed by atoms with E-state index in [1.54, 1.807) is 0 Å². The molecule has 0 aliphatic carbocycles. The molecule has 5 nitrogen and oxygen atoms in total. The largest absolute Gasteiger partial charge is 0.366 e. The van der Waals surface area contributed by atoms with Crippen LogP contribution in [0.3, 0.4) is 0 Å². The van der Waals surface area contributed by atoms with E-state index in [1.165, 1.54) is 11.1 Å². The minimum absolute atomic E-state index is 0.234. The van der Waals surface area contributed by atoms with Crippen molar-refractivity contribution in [3.63, 3.8) is 0 Å². The number of aromatic nitrogens is 3. The zero-order valence-electron chi connectivity index (χ0n) is 9.14. The van der Waals surface area contributed by atoms with Gasteiger partial charge in [0.2, 0.25) is 5.95 Å². The Balaban J connectivity index is 2.14. The van der Waals surface area contributed by atoms with Crippen molar-refractivity contribution >= 4 is 17.0 Å². The molecule has 2 aromatic rings. The van der Waals surface area contributed by atoms with Gasteiger partial charge < -0.3 is 5.73 Å². The van der Waals surface area contributed by atoms with Crippen LogP contribution in [-0.2, 0) is 13.1 Å². The van der Waals surface area contributed by atoms with Crippen LogP contribution >= 0.6 is 0 Å². The number of benzene rings is 1. The number of nitrogen functional groups attached to an aromatic ring is 1. The van der Waals surface area contributed by atoms with Crippen molar-refractivity contribution in [3.05, 3.63) is 23.3 Å². The molecule has 16 heavy (non-hydrogen) atoms. The lowest BCUT2D eigenvalue weighted by atomic mass is 10.1. The molecule has 0 unspecified atom stereocenters. The summed E-state index contributed by atoms with van der Waals surface area (Å²) in [6.45, 7) is 5.22. The molecule has 1 aliphatic heterocycles. The standard InChI is InChI=1S/C11H13N5/c1-2-16-5-7-3-9-10(4-8(7)6-16)14-15-11(12)13-9/h3-4H,2,5-6H2,1H3,(H2,12,13,15). The van der Waals surface area contributed by atoms with Gasteiger partial charge in [0.25, 0.3) is 0 Å². The summed E-state index contributed by atoms with van der Waals surface area (Å²) in [5.41, 5.74) is 9.85. The number of hydrogen-bond donors (Lipinski definition) is 1. The number of nitrogens with zero attached hydrogens (tertiary/aromatic N) is 4. The van der Waals surface area contributed by atoms with Crippen molar-refractivity contribution in [3.8, 4) is 0 Å². The minimum atomic E-state index is 0.234. The van der Waals surface area contributed by atoms with Gasteiger partial charge in [-0.2, -0.15) is 0 Å². The van der Waals surface area contributed by atoms with Gasteiger partial charge >= 0.3 is 0 Å². The van der Waals surface area contributed by atoms with Crippen LogP contribution in [0.1, 0.15) is 18.1 Å². The maximum Gasteiger partial charge on any atom is 0.240 e. The van der Waals surface area contributed by atoms with E-state index >= 15 is 0 Å². The van der Waals surface area contributed by atoms with Gasteiger partial charge in [-0.25, -0.2) is 4.98 Å². The molecule has 0 saturated carbocycles. The molecule has 0 bridgehead atoms.